The molecule has 1 aliphatic heterocycles. The number of hydrogen-bond donors (Lipinski definition) is 2. The Kier molecular flexibility index (Phi) is 2.05. The largest absolute Gasteiger partial charge is 0.390 e. The first kappa shape index (κ1) is 14.6. The van der Waals surface area contributed by atoms with Gasteiger partial charge in [-0.05, 0) is 69.1 Å². The summed E-state index contributed by atoms with van der Waals surface area (Å²) >= 11 is 0. The molecule has 6 atom stereocenters. The molecule has 5 saturated carbocycles. The van der Waals surface area contributed by atoms with Gasteiger partial charge in [-0.1, -0.05) is 11.6 Å². The van der Waals surface area contributed by atoms with Crippen LogP contribution in [0.1, 0.15) is 57.8 Å². The minimum absolute atomic E-state index is 0.00524. The highest BCUT2D eigenvalue weighted by molar-refractivity contribution is 5.91. The van der Waals surface area contributed by atoms with E-state index in [-0.39, 0.29) is 34.2 Å². The summed E-state index contributed by atoms with van der Waals surface area (Å²) in [6, 6.07) is 2.10. The van der Waals surface area contributed by atoms with E-state index in [0.717, 1.165) is 51.4 Å². The van der Waals surface area contributed by atoms with E-state index < -0.39 is 11.1 Å². The van der Waals surface area contributed by atoms with Crippen molar-refractivity contribution in [1.29, 1.82) is 5.26 Å². The number of hydrogen-bond acceptors (Lipinski definition) is 4. The van der Waals surface area contributed by atoms with Gasteiger partial charge in [-0.15, -0.1) is 0 Å². The summed E-state index contributed by atoms with van der Waals surface area (Å²) in [5, 5.41) is 20.6. The second-order valence-electron chi connectivity index (χ2n) is 11.0. The van der Waals surface area contributed by atoms with E-state index in [2.05, 4.69) is 12.1 Å². The van der Waals surface area contributed by atoms with Gasteiger partial charge in [0.1, 0.15) is 11.6 Å². The van der Waals surface area contributed by atoms with Crippen molar-refractivity contribution in [1.82, 2.24) is 4.90 Å². The second-order valence-corrected chi connectivity index (χ2v) is 11.0. The third kappa shape index (κ3) is 1.26. The fourth-order valence-corrected chi connectivity index (χ4v) is 8.76. The van der Waals surface area contributed by atoms with Gasteiger partial charge in [0.2, 0.25) is 5.91 Å². The zero-order valence-electron chi connectivity index (χ0n) is 15.0. The van der Waals surface area contributed by atoms with Crippen LogP contribution >= 0.6 is 0 Å². The number of aliphatic hydroxyl groups is 1. The Morgan fingerprint density at radius 1 is 1.31 bits per heavy atom. The van der Waals surface area contributed by atoms with Crippen LogP contribution in [0, 0.1) is 34.0 Å². The minimum atomic E-state index is -0.890. The fourth-order valence-electron chi connectivity index (χ4n) is 8.76. The van der Waals surface area contributed by atoms with E-state index in [9.17, 15) is 15.2 Å². The van der Waals surface area contributed by atoms with Crippen molar-refractivity contribution >= 4 is 5.91 Å². The molecule has 6 aliphatic carbocycles. The second kappa shape index (κ2) is 3.64. The molecule has 7 rings (SSSR count). The summed E-state index contributed by atoms with van der Waals surface area (Å²) in [5.41, 5.74) is 7.10. The molecule has 0 aromatic carbocycles. The number of carbonyl (C=O) groups is 1. The van der Waals surface area contributed by atoms with Crippen LogP contribution in [0.4, 0.5) is 0 Å². The van der Waals surface area contributed by atoms with E-state index in [1.807, 2.05) is 4.90 Å². The Morgan fingerprint density at radius 2 is 2.12 bits per heavy atom. The molecule has 3 bridgehead atoms. The number of nitrogens with zero attached hydrogens (tertiary/aromatic N) is 2. The highest BCUT2D eigenvalue weighted by Gasteiger charge is 2.91. The Balaban J connectivity index is 1.32. The highest BCUT2D eigenvalue weighted by atomic mass is 16.3. The molecular weight excluding hydrogens is 326 g/mol. The molecule has 0 aromatic heterocycles. The maximum Gasteiger partial charge on any atom is 0.244 e. The normalized spacial score (nSPS) is 62.3. The van der Waals surface area contributed by atoms with Crippen LogP contribution in [0.5, 0.6) is 0 Å². The van der Waals surface area contributed by atoms with Gasteiger partial charge in [0.15, 0.2) is 0 Å². The van der Waals surface area contributed by atoms with Crippen LogP contribution in [0.2, 0.25) is 0 Å². The average Bonchev–Trinajstić information content (AvgIpc) is 3.22. The molecule has 1 spiro atoms. The first-order chi connectivity index (χ1) is 12.3. The Labute approximate surface area is 153 Å². The quantitative estimate of drug-likeness (QED) is 0.702. The summed E-state index contributed by atoms with van der Waals surface area (Å²) in [6.07, 6.45) is 10.4. The molecule has 1 amide bonds. The topological polar surface area (TPSA) is 90.4 Å². The summed E-state index contributed by atoms with van der Waals surface area (Å²) in [5.74, 6) is 0.567. The van der Waals surface area contributed by atoms with Gasteiger partial charge in [-0.2, -0.15) is 5.26 Å². The number of amides is 1. The standard InChI is InChI=1S/C21H25N3O2/c22-8-14-7-17-9-20(17,10-17)24(14)16(25)21(23)2-1-13-6-18(26)4-12-3-15(21)19(13,5-12)11-18/h3,13-15,26H,1-2,4-7,9-11,23H2/t13?,14-,15?,17?,18?,19?,20?,21?/m0/s1. The predicted octanol–water partition coefficient (Wildman–Crippen LogP) is 1.61. The molecule has 0 aromatic rings. The van der Waals surface area contributed by atoms with Crippen LogP contribution in [0.3, 0.4) is 0 Å². The lowest BCUT2D eigenvalue weighted by atomic mass is 9.55. The number of nitriles is 1. The molecule has 0 radical (unpaired) electrons. The third-order valence-corrected chi connectivity index (χ3v) is 9.81. The molecule has 26 heavy (non-hydrogen) atoms. The van der Waals surface area contributed by atoms with Crippen molar-refractivity contribution in [3.8, 4) is 6.07 Å². The highest BCUT2D eigenvalue weighted by Crippen LogP contribution is 2.87. The maximum absolute atomic E-state index is 13.8. The van der Waals surface area contributed by atoms with Gasteiger partial charge in [-0.25, -0.2) is 0 Å². The molecule has 5 nitrogen and oxygen atoms in total. The maximum atomic E-state index is 13.8. The van der Waals surface area contributed by atoms with Gasteiger partial charge < -0.3 is 15.7 Å². The molecule has 1 saturated heterocycles. The minimum Gasteiger partial charge on any atom is -0.390 e. The van der Waals surface area contributed by atoms with Crippen LogP contribution in [0.15, 0.2) is 11.6 Å². The first-order valence-corrected chi connectivity index (χ1v) is 10.2. The average molecular weight is 351 g/mol. The molecule has 136 valence electrons. The van der Waals surface area contributed by atoms with E-state index in [1.54, 1.807) is 0 Å². The fraction of sp³-hybridized carbons (Fsp3) is 0.810. The van der Waals surface area contributed by atoms with Gasteiger partial charge in [0.25, 0.3) is 0 Å². The lowest BCUT2D eigenvalue weighted by molar-refractivity contribution is -0.147. The van der Waals surface area contributed by atoms with Gasteiger partial charge >= 0.3 is 0 Å². The van der Waals surface area contributed by atoms with E-state index >= 15 is 0 Å². The van der Waals surface area contributed by atoms with Gasteiger partial charge in [-0.3, -0.25) is 4.79 Å². The van der Waals surface area contributed by atoms with Gasteiger partial charge in [0.05, 0.1) is 17.2 Å². The summed E-state index contributed by atoms with van der Waals surface area (Å²) < 4.78 is 0. The van der Waals surface area contributed by atoms with Crippen LogP contribution in [-0.2, 0) is 4.79 Å². The van der Waals surface area contributed by atoms with Crippen molar-refractivity contribution in [2.24, 2.45) is 28.4 Å². The van der Waals surface area contributed by atoms with E-state index in [4.69, 9.17) is 5.73 Å². The number of carbonyl (C=O) groups excluding carboxylic acids is 1. The monoisotopic (exact) mass is 351 g/mol. The Bertz CT molecular complexity index is 867. The SMILES string of the molecule is N#C[C@@H]1CC23CC2(C3)N1C(=O)C1(N)CCC2CC3(O)CC4=CC1C2(C4)C3. The molecule has 1 heterocycles. The molecule has 3 N–H and O–H groups in total. The number of fused-ring (bicyclic) bond motifs is 2. The lowest BCUT2D eigenvalue weighted by Gasteiger charge is -2.52. The van der Waals surface area contributed by atoms with Crippen molar-refractivity contribution in [2.75, 3.05) is 0 Å². The van der Waals surface area contributed by atoms with Crippen molar-refractivity contribution < 1.29 is 9.90 Å². The summed E-state index contributed by atoms with van der Waals surface area (Å²) in [4.78, 5) is 15.8. The van der Waals surface area contributed by atoms with Crippen molar-refractivity contribution in [2.45, 2.75) is 80.5 Å². The zero-order valence-corrected chi connectivity index (χ0v) is 15.0. The van der Waals surface area contributed by atoms with Crippen LogP contribution in [0.25, 0.3) is 0 Å². The van der Waals surface area contributed by atoms with E-state index in [0.29, 0.717) is 12.3 Å². The van der Waals surface area contributed by atoms with Crippen molar-refractivity contribution in [3.05, 3.63) is 11.6 Å². The molecule has 6 fully saturated rings. The van der Waals surface area contributed by atoms with Crippen LogP contribution < -0.4 is 5.73 Å². The molecule has 5 unspecified atom stereocenters. The zero-order chi connectivity index (χ0) is 17.7. The van der Waals surface area contributed by atoms with Crippen LogP contribution in [-0.4, -0.2) is 38.6 Å². The smallest absolute Gasteiger partial charge is 0.244 e. The molecular formula is C21H25N3O2. The number of nitrogens with two attached hydrogens (primary N) is 1. The Morgan fingerprint density at radius 3 is 2.88 bits per heavy atom. The number of rotatable bonds is 1. The number of piperidine rings is 2. The van der Waals surface area contributed by atoms with Crippen molar-refractivity contribution in [3.63, 3.8) is 0 Å². The van der Waals surface area contributed by atoms with E-state index in [1.165, 1.54) is 5.57 Å². The molecule has 7 aliphatic rings. The first-order valence-electron chi connectivity index (χ1n) is 10.2. The summed E-state index contributed by atoms with van der Waals surface area (Å²) in [6.45, 7) is 0. The third-order valence-electron chi connectivity index (χ3n) is 9.81. The Hall–Kier alpha value is -1.38. The van der Waals surface area contributed by atoms with Gasteiger partial charge in [0, 0.05) is 11.3 Å². The molecule has 5 heteroatoms. The number of likely N-dealkylation sites (tertiary alicyclic amines) is 1. The summed E-state index contributed by atoms with van der Waals surface area (Å²) in [7, 11) is 0. The lowest BCUT2D eigenvalue weighted by Crippen LogP contribution is -2.67. The predicted molar refractivity (Wildman–Crippen MR) is 92.3 cm³/mol.